The van der Waals surface area contributed by atoms with Gasteiger partial charge in [0.25, 0.3) is 0 Å². The third-order valence-electron chi connectivity index (χ3n) is 3.47. The molecule has 0 aliphatic heterocycles. The van der Waals surface area contributed by atoms with Gasteiger partial charge in [-0.2, -0.15) is 5.10 Å². The van der Waals surface area contributed by atoms with Gasteiger partial charge in [-0.05, 0) is 37.0 Å². The minimum Gasteiger partial charge on any atom is -0.321 e. The van der Waals surface area contributed by atoms with Gasteiger partial charge >= 0.3 is 0 Å². The Morgan fingerprint density at radius 3 is 2.53 bits per heavy atom. The van der Waals surface area contributed by atoms with Crippen molar-refractivity contribution in [3.63, 3.8) is 0 Å². The Bertz CT molecular complexity index is 286. The van der Waals surface area contributed by atoms with Crippen molar-refractivity contribution in [3.8, 4) is 0 Å². The molecule has 1 fully saturated rings. The summed E-state index contributed by atoms with van der Waals surface area (Å²) >= 11 is 0. The first-order chi connectivity index (χ1) is 7.16. The van der Waals surface area contributed by atoms with Crippen molar-refractivity contribution in [1.82, 2.24) is 15.2 Å². The van der Waals surface area contributed by atoms with Gasteiger partial charge in [0, 0.05) is 0 Å². The largest absolute Gasteiger partial charge is 0.321 e. The first-order valence-corrected chi connectivity index (χ1v) is 5.77. The summed E-state index contributed by atoms with van der Waals surface area (Å²) in [7, 11) is 0. The second-order valence-corrected chi connectivity index (χ2v) is 5.07. The zero-order valence-electron chi connectivity index (χ0n) is 9.48. The molecular formula is C11H20N4. The van der Waals surface area contributed by atoms with Gasteiger partial charge in [-0.3, -0.25) is 5.10 Å². The zero-order valence-corrected chi connectivity index (χ0v) is 9.48. The van der Waals surface area contributed by atoms with Gasteiger partial charge in [-0.1, -0.05) is 13.8 Å². The molecule has 15 heavy (non-hydrogen) atoms. The van der Waals surface area contributed by atoms with Crippen molar-refractivity contribution in [1.29, 1.82) is 0 Å². The molecule has 0 radical (unpaired) electrons. The minimum absolute atomic E-state index is 0.0256. The Morgan fingerprint density at radius 1 is 1.33 bits per heavy atom. The van der Waals surface area contributed by atoms with Crippen LogP contribution < -0.4 is 5.73 Å². The van der Waals surface area contributed by atoms with Crippen LogP contribution in [0.5, 0.6) is 0 Å². The first-order valence-electron chi connectivity index (χ1n) is 5.77. The van der Waals surface area contributed by atoms with Crippen molar-refractivity contribution >= 4 is 0 Å². The van der Waals surface area contributed by atoms with Crippen LogP contribution >= 0.6 is 0 Å². The van der Waals surface area contributed by atoms with E-state index in [1.54, 1.807) is 0 Å². The van der Waals surface area contributed by atoms with Gasteiger partial charge < -0.3 is 5.73 Å². The van der Waals surface area contributed by atoms with Crippen LogP contribution in [0.25, 0.3) is 0 Å². The molecule has 4 heteroatoms. The van der Waals surface area contributed by atoms with E-state index in [1.807, 2.05) is 0 Å². The van der Waals surface area contributed by atoms with Crippen LogP contribution in [0.4, 0.5) is 0 Å². The molecule has 84 valence electrons. The summed E-state index contributed by atoms with van der Waals surface area (Å²) in [6, 6.07) is 0.0256. The number of rotatable bonds is 2. The van der Waals surface area contributed by atoms with Gasteiger partial charge in [0.05, 0.1) is 6.04 Å². The van der Waals surface area contributed by atoms with Crippen LogP contribution in [-0.2, 0) is 0 Å². The molecular weight excluding hydrogens is 188 g/mol. The fourth-order valence-electron chi connectivity index (χ4n) is 2.90. The maximum Gasteiger partial charge on any atom is 0.141 e. The smallest absolute Gasteiger partial charge is 0.141 e. The summed E-state index contributed by atoms with van der Waals surface area (Å²) in [6.45, 7) is 4.63. The number of aromatic amines is 1. The van der Waals surface area contributed by atoms with Crippen LogP contribution in [0.15, 0.2) is 6.33 Å². The van der Waals surface area contributed by atoms with Gasteiger partial charge in [0.15, 0.2) is 0 Å². The number of aromatic nitrogens is 3. The van der Waals surface area contributed by atoms with E-state index < -0.39 is 0 Å². The molecule has 3 atom stereocenters. The van der Waals surface area contributed by atoms with Gasteiger partial charge in [-0.25, -0.2) is 4.98 Å². The van der Waals surface area contributed by atoms with Crippen LogP contribution in [-0.4, -0.2) is 15.2 Å². The van der Waals surface area contributed by atoms with E-state index in [-0.39, 0.29) is 6.04 Å². The molecule has 1 aromatic rings. The van der Waals surface area contributed by atoms with E-state index in [9.17, 15) is 0 Å². The molecule has 0 amide bonds. The quantitative estimate of drug-likeness (QED) is 0.779. The predicted octanol–water partition coefficient (Wildman–Crippen LogP) is 1.88. The van der Waals surface area contributed by atoms with Crippen molar-refractivity contribution in [2.24, 2.45) is 23.5 Å². The van der Waals surface area contributed by atoms with E-state index >= 15 is 0 Å². The minimum atomic E-state index is 0.0256. The molecule has 0 saturated heterocycles. The lowest BCUT2D eigenvalue weighted by atomic mass is 9.74. The highest BCUT2D eigenvalue weighted by Gasteiger charge is 2.29. The third-order valence-corrected chi connectivity index (χ3v) is 3.47. The molecule has 3 unspecified atom stereocenters. The molecule has 0 spiro atoms. The number of nitrogens with two attached hydrogens (primary N) is 1. The van der Waals surface area contributed by atoms with Gasteiger partial charge in [0.1, 0.15) is 12.2 Å². The monoisotopic (exact) mass is 208 g/mol. The molecule has 1 aliphatic rings. The first kappa shape index (κ1) is 10.6. The zero-order chi connectivity index (χ0) is 10.8. The molecule has 4 nitrogen and oxygen atoms in total. The Balaban J connectivity index is 2.03. The Labute approximate surface area is 90.7 Å². The molecule has 1 aliphatic carbocycles. The number of hydrogen-bond donors (Lipinski definition) is 2. The molecule has 1 saturated carbocycles. The number of H-pyrrole nitrogens is 1. The Hall–Kier alpha value is -0.900. The van der Waals surface area contributed by atoms with E-state index in [0.29, 0.717) is 5.92 Å². The normalized spacial score (nSPS) is 33.9. The highest BCUT2D eigenvalue weighted by molar-refractivity contribution is 4.95. The fraction of sp³-hybridized carbons (Fsp3) is 0.818. The molecule has 1 aromatic heterocycles. The number of nitrogens with one attached hydrogen (secondary N) is 1. The van der Waals surface area contributed by atoms with Crippen LogP contribution in [0, 0.1) is 17.8 Å². The standard InChI is InChI=1S/C11H20N4/c1-7-3-8(2)5-9(4-7)10(12)11-13-6-14-15-11/h6-10H,3-5,12H2,1-2H3,(H,13,14,15). The van der Waals surface area contributed by atoms with Crippen molar-refractivity contribution in [2.75, 3.05) is 0 Å². The highest BCUT2D eigenvalue weighted by atomic mass is 15.2. The maximum atomic E-state index is 6.20. The average Bonchev–Trinajstić information content (AvgIpc) is 2.67. The number of nitrogens with zero attached hydrogens (tertiary/aromatic N) is 2. The lowest BCUT2D eigenvalue weighted by Gasteiger charge is -2.34. The maximum absolute atomic E-state index is 6.20. The summed E-state index contributed by atoms with van der Waals surface area (Å²) in [4.78, 5) is 4.15. The second-order valence-electron chi connectivity index (χ2n) is 5.07. The predicted molar refractivity (Wildman–Crippen MR) is 59.0 cm³/mol. The van der Waals surface area contributed by atoms with E-state index in [1.165, 1.54) is 25.6 Å². The Kier molecular flexibility index (Phi) is 3.05. The topological polar surface area (TPSA) is 67.6 Å². The summed E-state index contributed by atoms with van der Waals surface area (Å²) in [5.74, 6) is 2.96. The van der Waals surface area contributed by atoms with Crippen molar-refractivity contribution in [3.05, 3.63) is 12.2 Å². The molecule has 1 heterocycles. The molecule has 0 bridgehead atoms. The van der Waals surface area contributed by atoms with Crippen LogP contribution in [0.1, 0.15) is 45.0 Å². The van der Waals surface area contributed by atoms with Crippen LogP contribution in [0.3, 0.4) is 0 Å². The summed E-state index contributed by atoms with van der Waals surface area (Å²) in [6.07, 6.45) is 5.29. The molecule has 0 aromatic carbocycles. The van der Waals surface area contributed by atoms with Gasteiger partial charge in [-0.15, -0.1) is 0 Å². The highest BCUT2D eigenvalue weighted by Crippen LogP contribution is 2.37. The fourth-order valence-corrected chi connectivity index (χ4v) is 2.90. The summed E-state index contributed by atoms with van der Waals surface area (Å²) in [5.41, 5.74) is 6.20. The second kappa shape index (κ2) is 4.31. The van der Waals surface area contributed by atoms with Crippen LogP contribution in [0.2, 0.25) is 0 Å². The van der Waals surface area contributed by atoms with Crippen molar-refractivity contribution < 1.29 is 0 Å². The van der Waals surface area contributed by atoms with E-state index in [0.717, 1.165) is 17.7 Å². The summed E-state index contributed by atoms with van der Waals surface area (Å²) in [5, 5.41) is 6.74. The average molecular weight is 208 g/mol. The van der Waals surface area contributed by atoms with Gasteiger partial charge in [0.2, 0.25) is 0 Å². The number of hydrogen-bond acceptors (Lipinski definition) is 3. The summed E-state index contributed by atoms with van der Waals surface area (Å²) < 4.78 is 0. The van der Waals surface area contributed by atoms with E-state index in [2.05, 4.69) is 29.0 Å². The Morgan fingerprint density at radius 2 is 2.00 bits per heavy atom. The van der Waals surface area contributed by atoms with Crippen molar-refractivity contribution in [2.45, 2.75) is 39.2 Å². The third kappa shape index (κ3) is 2.37. The lowest BCUT2D eigenvalue weighted by molar-refractivity contribution is 0.190. The lowest BCUT2D eigenvalue weighted by Crippen LogP contribution is -2.30. The molecule has 3 N–H and O–H groups in total. The SMILES string of the molecule is CC1CC(C)CC(C(N)c2ncn[nH]2)C1. The molecule has 2 rings (SSSR count). The van der Waals surface area contributed by atoms with E-state index in [4.69, 9.17) is 5.73 Å².